The zero-order valence-corrected chi connectivity index (χ0v) is 10.7. The highest BCUT2D eigenvalue weighted by Gasteiger charge is 2.09. The van der Waals surface area contributed by atoms with Crippen molar-refractivity contribution < 1.29 is 18.4 Å². The van der Waals surface area contributed by atoms with Crippen LogP contribution >= 0.6 is 0 Å². The van der Waals surface area contributed by atoms with Crippen molar-refractivity contribution >= 4 is 11.5 Å². The Labute approximate surface area is 118 Å². The first-order valence-electron chi connectivity index (χ1n) is 5.93. The number of benzene rings is 1. The summed E-state index contributed by atoms with van der Waals surface area (Å²) in [6.07, 6.45) is 1.11. The van der Waals surface area contributed by atoms with E-state index in [1.807, 2.05) is 0 Å². The van der Waals surface area contributed by atoms with Gasteiger partial charge in [-0.1, -0.05) is 18.2 Å². The maximum atomic E-state index is 12.3. The van der Waals surface area contributed by atoms with Crippen LogP contribution in [0.2, 0.25) is 0 Å². The quantitative estimate of drug-likeness (QED) is 0.654. The smallest absolute Gasteiger partial charge is 0.387 e. The fourth-order valence-corrected chi connectivity index (χ4v) is 1.65. The average Bonchev–Trinajstić information content (AvgIpc) is 2.46. The fourth-order valence-electron chi connectivity index (χ4n) is 1.65. The molecule has 0 saturated carbocycles. The average molecular weight is 295 g/mol. The molecule has 0 saturated heterocycles. The molecule has 1 aromatic heterocycles. The number of rotatable bonds is 6. The predicted molar refractivity (Wildman–Crippen MR) is 71.3 cm³/mol. The number of nitro groups is 1. The molecule has 0 fully saturated rings. The Morgan fingerprint density at radius 3 is 2.67 bits per heavy atom. The summed E-state index contributed by atoms with van der Waals surface area (Å²) in [5.41, 5.74) is 0.403. The van der Waals surface area contributed by atoms with Gasteiger partial charge in [-0.3, -0.25) is 10.1 Å². The second-order valence-corrected chi connectivity index (χ2v) is 4.00. The van der Waals surface area contributed by atoms with Gasteiger partial charge in [-0.25, -0.2) is 4.98 Å². The van der Waals surface area contributed by atoms with E-state index in [9.17, 15) is 18.9 Å². The molecule has 0 spiro atoms. The first-order valence-corrected chi connectivity index (χ1v) is 5.93. The lowest BCUT2D eigenvalue weighted by atomic mass is 10.2. The number of nitrogens with zero attached hydrogens (tertiary/aromatic N) is 2. The van der Waals surface area contributed by atoms with Crippen molar-refractivity contribution in [2.75, 3.05) is 5.32 Å². The Kier molecular flexibility index (Phi) is 4.60. The third-order valence-corrected chi connectivity index (χ3v) is 2.61. The normalized spacial score (nSPS) is 10.4. The van der Waals surface area contributed by atoms with Crippen molar-refractivity contribution in [1.29, 1.82) is 0 Å². The van der Waals surface area contributed by atoms with Crippen molar-refractivity contribution in [2.45, 2.75) is 13.2 Å². The minimum Gasteiger partial charge on any atom is -0.434 e. The van der Waals surface area contributed by atoms with E-state index in [-0.39, 0.29) is 18.0 Å². The number of aromatic nitrogens is 1. The van der Waals surface area contributed by atoms with E-state index in [4.69, 9.17) is 0 Å². The lowest BCUT2D eigenvalue weighted by molar-refractivity contribution is -0.385. The van der Waals surface area contributed by atoms with Gasteiger partial charge in [0, 0.05) is 18.2 Å². The number of anilines is 1. The van der Waals surface area contributed by atoms with Crippen LogP contribution in [0, 0.1) is 10.1 Å². The number of halogens is 2. The lowest BCUT2D eigenvalue weighted by Gasteiger charge is -2.11. The van der Waals surface area contributed by atoms with Gasteiger partial charge in [0.05, 0.1) is 4.92 Å². The molecular weight excluding hydrogens is 284 g/mol. The van der Waals surface area contributed by atoms with Crippen molar-refractivity contribution in [3.8, 4) is 5.75 Å². The molecule has 0 aliphatic heterocycles. The van der Waals surface area contributed by atoms with Crippen molar-refractivity contribution in [3.05, 3.63) is 58.3 Å². The van der Waals surface area contributed by atoms with E-state index in [1.54, 1.807) is 18.2 Å². The fraction of sp³-hybridized carbons (Fsp3) is 0.154. The summed E-state index contributed by atoms with van der Waals surface area (Å²) in [5, 5.41) is 13.4. The molecule has 6 nitrogen and oxygen atoms in total. The summed E-state index contributed by atoms with van der Waals surface area (Å²) in [5.74, 6) is 0.467. The van der Waals surface area contributed by atoms with Gasteiger partial charge in [-0.05, 0) is 12.1 Å². The molecule has 110 valence electrons. The Morgan fingerprint density at radius 1 is 1.29 bits per heavy atom. The van der Waals surface area contributed by atoms with Crippen molar-refractivity contribution in [3.63, 3.8) is 0 Å². The maximum Gasteiger partial charge on any atom is 0.387 e. The molecule has 0 bridgehead atoms. The highest BCUT2D eigenvalue weighted by molar-refractivity contribution is 5.42. The summed E-state index contributed by atoms with van der Waals surface area (Å²) in [4.78, 5) is 13.8. The first-order chi connectivity index (χ1) is 10.1. The van der Waals surface area contributed by atoms with E-state index >= 15 is 0 Å². The van der Waals surface area contributed by atoms with Gasteiger partial charge in [-0.2, -0.15) is 8.78 Å². The first kappa shape index (κ1) is 14.6. The molecule has 0 aliphatic carbocycles. The summed E-state index contributed by atoms with van der Waals surface area (Å²) in [6.45, 7) is -2.70. The van der Waals surface area contributed by atoms with Gasteiger partial charge >= 0.3 is 6.61 Å². The van der Waals surface area contributed by atoms with Crippen LogP contribution in [0.4, 0.5) is 20.3 Å². The Balaban J connectivity index is 2.04. The zero-order valence-electron chi connectivity index (χ0n) is 10.7. The van der Waals surface area contributed by atoms with E-state index in [1.165, 1.54) is 18.2 Å². The summed E-state index contributed by atoms with van der Waals surface area (Å²) in [7, 11) is 0. The van der Waals surface area contributed by atoms with Crippen LogP contribution < -0.4 is 10.1 Å². The van der Waals surface area contributed by atoms with Gasteiger partial charge in [0.15, 0.2) is 0 Å². The highest BCUT2D eigenvalue weighted by Crippen LogP contribution is 2.21. The third kappa shape index (κ3) is 4.10. The van der Waals surface area contributed by atoms with Gasteiger partial charge in [0.1, 0.15) is 17.8 Å². The highest BCUT2D eigenvalue weighted by atomic mass is 19.3. The molecule has 1 N–H and O–H groups in total. The number of pyridine rings is 1. The summed E-state index contributed by atoms with van der Waals surface area (Å²) >= 11 is 0. The minimum absolute atomic E-state index is 0.0712. The SMILES string of the molecule is O=[N+]([O-])c1ccc(NCc2ccccc2OC(F)F)nc1. The Bertz CT molecular complexity index is 620. The van der Waals surface area contributed by atoms with Crippen LogP contribution in [0.25, 0.3) is 0 Å². The molecule has 0 radical (unpaired) electrons. The summed E-state index contributed by atoms with van der Waals surface area (Å²) < 4.78 is 28.9. The molecule has 0 amide bonds. The van der Waals surface area contributed by atoms with Crippen LogP contribution in [0.5, 0.6) is 5.75 Å². The van der Waals surface area contributed by atoms with E-state index in [0.29, 0.717) is 11.4 Å². The van der Waals surface area contributed by atoms with Gasteiger partial charge in [-0.15, -0.1) is 0 Å². The van der Waals surface area contributed by atoms with E-state index < -0.39 is 11.5 Å². The number of hydrogen-bond donors (Lipinski definition) is 1. The molecule has 0 aliphatic rings. The van der Waals surface area contributed by atoms with Crippen LogP contribution in [0.3, 0.4) is 0 Å². The van der Waals surface area contributed by atoms with Gasteiger partial charge < -0.3 is 10.1 Å². The zero-order chi connectivity index (χ0) is 15.2. The third-order valence-electron chi connectivity index (χ3n) is 2.61. The number of para-hydroxylation sites is 1. The maximum absolute atomic E-state index is 12.3. The Morgan fingerprint density at radius 2 is 2.05 bits per heavy atom. The van der Waals surface area contributed by atoms with Crippen molar-refractivity contribution in [1.82, 2.24) is 4.98 Å². The second kappa shape index (κ2) is 6.60. The van der Waals surface area contributed by atoms with Gasteiger partial charge in [0.2, 0.25) is 0 Å². The molecule has 21 heavy (non-hydrogen) atoms. The second-order valence-electron chi connectivity index (χ2n) is 4.00. The minimum atomic E-state index is -2.90. The summed E-state index contributed by atoms with van der Waals surface area (Å²) in [6, 6.07) is 9.10. The van der Waals surface area contributed by atoms with Crippen LogP contribution in [0.1, 0.15) is 5.56 Å². The molecule has 0 unspecified atom stereocenters. The van der Waals surface area contributed by atoms with Crippen molar-refractivity contribution in [2.24, 2.45) is 0 Å². The molecule has 2 aromatic rings. The molecule has 1 heterocycles. The predicted octanol–water partition coefficient (Wildman–Crippen LogP) is 3.20. The molecule has 0 atom stereocenters. The van der Waals surface area contributed by atoms with E-state index in [0.717, 1.165) is 6.20 Å². The molecule has 8 heteroatoms. The van der Waals surface area contributed by atoms with Crippen LogP contribution in [0.15, 0.2) is 42.6 Å². The molecule has 1 aromatic carbocycles. The number of hydrogen-bond acceptors (Lipinski definition) is 5. The van der Waals surface area contributed by atoms with Gasteiger partial charge in [0.25, 0.3) is 5.69 Å². The van der Waals surface area contributed by atoms with E-state index in [2.05, 4.69) is 15.0 Å². The monoisotopic (exact) mass is 295 g/mol. The lowest BCUT2D eigenvalue weighted by Crippen LogP contribution is -2.07. The largest absolute Gasteiger partial charge is 0.434 e. The topological polar surface area (TPSA) is 77.3 Å². The van der Waals surface area contributed by atoms with Crippen LogP contribution in [-0.4, -0.2) is 16.5 Å². The van der Waals surface area contributed by atoms with Crippen LogP contribution in [-0.2, 0) is 6.54 Å². The Hall–Kier alpha value is -2.77. The standard InChI is InChI=1S/C13H11F2N3O3/c14-13(15)21-11-4-2-1-3-9(11)7-16-12-6-5-10(8-17-12)18(19)20/h1-6,8,13H,7H2,(H,16,17). The number of nitrogens with one attached hydrogen (secondary N) is 1. The molecule has 2 rings (SSSR count). The molecular formula is C13H11F2N3O3. The number of ether oxygens (including phenoxy) is 1. The number of alkyl halides is 2.